The molecule has 212 valence electrons. The van der Waals surface area contributed by atoms with Crippen LogP contribution in [0.3, 0.4) is 0 Å². The van der Waals surface area contributed by atoms with Gasteiger partial charge in [-0.2, -0.15) is 5.10 Å². The number of nitrogens with one attached hydrogen (secondary N) is 2. The van der Waals surface area contributed by atoms with Crippen LogP contribution in [0.2, 0.25) is 0 Å². The van der Waals surface area contributed by atoms with Crippen LogP contribution in [0.4, 0.5) is 5.69 Å². The second-order valence-corrected chi connectivity index (χ2v) is 11.0. The predicted octanol–water partition coefficient (Wildman–Crippen LogP) is 3.64. The average Bonchev–Trinajstić information content (AvgIpc) is 2.92. The fourth-order valence-electron chi connectivity index (χ4n) is 3.54. The number of benzene rings is 3. The molecular weight excluding hydrogens is 532 g/mol. The van der Waals surface area contributed by atoms with Crippen LogP contribution in [-0.4, -0.2) is 52.2 Å². The molecule has 0 saturated heterocycles. The van der Waals surface area contributed by atoms with E-state index in [2.05, 4.69) is 15.8 Å². The second-order valence-electron chi connectivity index (χ2n) is 9.12. The zero-order chi connectivity index (χ0) is 29.1. The van der Waals surface area contributed by atoms with Crippen molar-refractivity contribution >= 4 is 33.7 Å². The van der Waals surface area contributed by atoms with Crippen molar-refractivity contribution in [3.63, 3.8) is 0 Å². The highest BCUT2D eigenvalue weighted by Crippen LogP contribution is 2.26. The van der Waals surface area contributed by atoms with Crippen LogP contribution >= 0.6 is 0 Å². The van der Waals surface area contributed by atoms with E-state index in [1.807, 2.05) is 27.7 Å². The summed E-state index contributed by atoms with van der Waals surface area (Å²) in [5.74, 6) is 0.250. The molecule has 3 rings (SSSR count). The number of carbonyl (C=O) groups excluding carboxylic acids is 2. The van der Waals surface area contributed by atoms with E-state index in [9.17, 15) is 18.0 Å². The predicted molar refractivity (Wildman–Crippen MR) is 154 cm³/mol. The summed E-state index contributed by atoms with van der Waals surface area (Å²) in [5, 5.41) is 6.70. The lowest BCUT2D eigenvalue weighted by Crippen LogP contribution is -2.39. The molecule has 3 aromatic carbocycles. The first-order valence-corrected chi connectivity index (χ1v) is 14.2. The van der Waals surface area contributed by atoms with Gasteiger partial charge in [0.25, 0.3) is 21.8 Å². The number of ether oxygens (including phenoxy) is 2. The molecule has 0 fully saturated rings. The lowest BCUT2D eigenvalue weighted by atomic mass is 10.2. The highest BCUT2D eigenvalue weighted by molar-refractivity contribution is 7.92. The molecule has 0 bridgehead atoms. The third-order valence-corrected chi connectivity index (χ3v) is 7.22. The number of hydrogen-bond acceptors (Lipinski definition) is 7. The number of anilines is 1. The van der Waals surface area contributed by atoms with Gasteiger partial charge in [0, 0.05) is 6.04 Å². The average molecular weight is 567 g/mol. The molecule has 0 radical (unpaired) electrons. The number of hydrazone groups is 1. The van der Waals surface area contributed by atoms with Crippen molar-refractivity contribution in [2.24, 2.45) is 5.10 Å². The van der Waals surface area contributed by atoms with Crippen molar-refractivity contribution in [2.45, 2.75) is 38.6 Å². The quantitative estimate of drug-likeness (QED) is 0.240. The molecule has 2 N–H and O–H groups in total. The van der Waals surface area contributed by atoms with Crippen LogP contribution < -0.4 is 24.5 Å². The highest BCUT2D eigenvalue weighted by Gasteiger charge is 2.27. The van der Waals surface area contributed by atoms with Gasteiger partial charge in [0.1, 0.15) is 18.0 Å². The first-order valence-electron chi connectivity index (χ1n) is 12.7. The fraction of sp³-hybridized carbons (Fsp3) is 0.276. The van der Waals surface area contributed by atoms with E-state index in [0.717, 1.165) is 9.87 Å². The van der Waals surface area contributed by atoms with Gasteiger partial charge in [-0.25, -0.2) is 13.8 Å². The van der Waals surface area contributed by atoms with E-state index < -0.39 is 22.5 Å². The summed E-state index contributed by atoms with van der Waals surface area (Å²) >= 11 is 0. The Bertz CT molecular complexity index is 1400. The molecule has 0 aliphatic rings. The molecule has 0 heterocycles. The third kappa shape index (κ3) is 8.84. The SMILES string of the molecule is CCOc1ccc(N(CC(=O)N/N=C\c2ccc(OCC(=O)NC(C)C)cc2)S(=O)(=O)c2ccc(C)cc2)cc1. The van der Waals surface area contributed by atoms with E-state index in [1.165, 1.54) is 18.3 Å². The van der Waals surface area contributed by atoms with Crippen molar-refractivity contribution in [2.75, 3.05) is 24.1 Å². The van der Waals surface area contributed by atoms with E-state index in [-0.39, 0.29) is 23.5 Å². The molecule has 0 spiro atoms. The van der Waals surface area contributed by atoms with Gasteiger partial charge < -0.3 is 14.8 Å². The molecule has 11 heteroatoms. The Morgan fingerprint density at radius 1 is 0.900 bits per heavy atom. The number of rotatable bonds is 13. The van der Waals surface area contributed by atoms with Crippen molar-refractivity contribution in [1.29, 1.82) is 0 Å². The molecule has 0 saturated carbocycles. The smallest absolute Gasteiger partial charge is 0.264 e. The van der Waals surface area contributed by atoms with Gasteiger partial charge in [-0.15, -0.1) is 0 Å². The maximum Gasteiger partial charge on any atom is 0.264 e. The molecule has 0 atom stereocenters. The third-order valence-electron chi connectivity index (χ3n) is 5.43. The summed E-state index contributed by atoms with van der Waals surface area (Å²) < 4.78 is 38.9. The van der Waals surface area contributed by atoms with Gasteiger partial charge in [-0.3, -0.25) is 13.9 Å². The summed E-state index contributed by atoms with van der Waals surface area (Å²) in [4.78, 5) is 24.6. The Morgan fingerprint density at radius 3 is 2.10 bits per heavy atom. The first kappa shape index (κ1) is 30.2. The Labute approximate surface area is 235 Å². The molecule has 10 nitrogen and oxygen atoms in total. The molecule has 3 aromatic rings. The van der Waals surface area contributed by atoms with Gasteiger partial charge in [0.2, 0.25) is 0 Å². The first-order chi connectivity index (χ1) is 19.1. The Hall–Kier alpha value is -4.38. The van der Waals surface area contributed by atoms with E-state index in [4.69, 9.17) is 9.47 Å². The molecule has 2 amide bonds. The topological polar surface area (TPSA) is 126 Å². The molecule has 0 unspecified atom stereocenters. The number of carbonyl (C=O) groups is 2. The van der Waals surface area contributed by atoms with Crippen molar-refractivity contribution in [1.82, 2.24) is 10.7 Å². The maximum absolute atomic E-state index is 13.5. The Balaban J connectivity index is 1.68. The van der Waals surface area contributed by atoms with E-state index >= 15 is 0 Å². The summed E-state index contributed by atoms with van der Waals surface area (Å²) in [6, 6.07) is 19.7. The van der Waals surface area contributed by atoms with Gasteiger partial charge in [0.15, 0.2) is 6.61 Å². The number of sulfonamides is 1. The summed E-state index contributed by atoms with van der Waals surface area (Å²) in [6.07, 6.45) is 1.42. The minimum atomic E-state index is -4.05. The number of amides is 2. The second kappa shape index (κ2) is 14.1. The number of nitrogens with zero attached hydrogens (tertiary/aromatic N) is 2. The molecule has 40 heavy (non-hydrogen) atoms. The van der Waals surface area contributed by atoms with Crippen LogP contribution in [0.25, 0.3) is 0 Å². The van der Waals surface area contributed by atoms with Gasteiger partial charge in [0.05, 0.1) is 23.4 Å². The highest BCUT2D eigenvalue weighted by atomic mass is 32.2. The Morgan fingerprint density at radius 2 is 1.50 bits per heavy atom. The Kier molecular flexibility index (Phi) is 10.7. The molecule has 0 aliphatic carbocycles. The number of hydrogen-bond donors (Lipinski definition) is 2. The lowest BCUT2D eigenvalue weighted by molar-refractivity contribution is -0.123. The van der Waals surface area contributed by atoms with Crippen LogP contribution in [0.15, 0.2) is 82.8 Å². The van der Waals surface area contributed by atoms with Gasteiger partial charge in [-0.05, 0) is 93.9 Å². The van der Waals surface area contributed by atoms with Crippen LogP contribution in [-0.2, 0) is 19.6 Å². The summed E-state index contributed by atoms with van der Waals surface area (Å²) in [5.41, 5.74) is 4.26. The zero-order valence-electron chi connectivity index (χ0n) is 23.0. The van der Waals surface area contributed by atoms with Crippen molar-refractivity contribution in [3.05, 3.63) is 83.9 Å². The fourth-order valence-corrected chi connectivity index (χ4v) is 4.96. The standard InChI is InChI=1S/C29H34N4O6S/c1-5-38-25-14-10-24(11-15-25)33(40(36,37)27-16-6-22(4)7-17-27)19-28(34)32-30-18-23-8-12-26(13-9-23)39-20-29(35)31-21(2)3/h6-18,21H,5,19-20H2,1-4H3,(H,31,35)(H,32,34)/b30-18-. The summed E-state index contributed by atoms with van der Waals surface area (Å²) in [6.45, 7) is 7.32. The van der Waals surface area contributed by atoms with E-state index in [0.29, 0.717) is 29.4 Å². The lowest BCUT2D eigenvalue weighted by Gasteiger charge is -2.24. The van der Waals surface area contributed by atoms with Crippen LogP contribution in [0.5, 0.6) is 11.5 Å². The van der Waals surface area contributed by atoms with Gasteiger partial charge >= 0.3 is 0 Å². The van der Waals surface area contributed by atoms with Crippen molar-refractivity contribution in [3.8, 4) is 11.5 Å². The van der Waals surface area contributed by atoms with Crippen molar-refractivity contribution < 1.29 is 27.5 Å². The van der Waals surface area contributed by atoms with Gasteiger partial charge in [-0.1, -0.05) is 17.7 Å². The molecule has 0 aliphatic heterocycles. The zero-order valence-corrected chi connectivity index (χ0v) is 23.8. The monoisotopic (exact) mass is 566 g/mol. The normalized spacial score (nSPS) is 11.3. The number of aryl methyl sites for hydroxylation is 1. The van der Waals surface area contributed by atoms with Crippen LogP contribution in [0, 0.1) is 6.92 Å². The van der Waals surface area contributed by atoms with E-state index in [1.54, 1.807) is 60.7 Å². The minimum Gasteiger partial charge on any atom is -0.494 e. The summed E-state index contributed by atoms with van der Waals surface area (Å²) in [7, 11) is -4.05. The molecule has 0 aromatic heterocycles. The maximum atomic E-state index is 13.5. The largest absolute Gasteiger partial charge is 0.494 e. The molecular formula is C29H34N4O6S. The van der Waals surface area contributed by atoms with Crippen LogP contribution in [0.1, 0.15) is 31.9 Å². The minimum absolute atomic E-state index is 0.0284.